The second kappa shape index (κ2) is 8.05. The molecular weight excluding hydrogens is 388 g/mol. The molecule has 1 amide bonds. The van der Waals surface area contributed by atoms with Gasteiger partial charge in [-0.05, 0) is 38.0 Å². The molecule has 0 atom stereocenters. The number of aromatic nitrogens is 2. The molecule has 3 aromatic rings. The molecule has 148 valence electrons. The lowest BCUT2D eigenvalue weighted by Gasteiger charge is -2.11. The Labute approximate surface area is 163 Å². The molecule has 28 heavy (non-hydrogen) atoms. The third kappa shape index (κ3) is 4.19. The molecule has 1 N–H and O–H groups in total. The lowest BCUT2D eigenvalue weighted by atomic mass is 10.2. The van der Waals surface area contributed by atoms with Gasteiger partial charge in [-0.1, -0.05) is 6.07 Å². The maximum atomic E-state index is 12.6. The third-order valence-corrected chi connectivity index (χ3v) is 5.54. The van der Waals surface area contributed by atoms with Gasteiger partial charge in [-0.25, -0.2) is 4.98 Å². The highest BCUT2D eigenvalue weighted by molar-refractivity contribution is 7.18. The second-order valence-corrected chi connectivity index (χ2v) is 7.57. The van der Waals surface area contributed by atoms with E-state index in [4.69, 9.17) is 0 Å². The van der Waals surface area contributed by atoms with Gasteiger partial charge in [0.05, 0.1) is 11.7 Å². The predicted molar refractivity (Wildman–Crippen MR) is 104 cm³/mol. The summed E-state index contributed by atoms with van der Waals surface area (Å²) in [5, 5.41) is 3.21. The Hall–Kier alpha value is -2.81. The third-order valence-electron chi connectivity index (χ3n) is 4.42. The largest absolute Gasteiger partial charge is 0.434 e. The van der Waals surface area contributed by atoms with Crippen LogP contribution in [0.3, 0.4) is 0 Å². The molecule has 2 heterocycles. The minimum Gasteiger partial charge on any atom is -0.434 e. The smallest absolute Gasteiger partial charge is 0.387 e. The van der Waals surface area contributed by atoms with Crippen molar-refractivity contribution < 1.29 is 18.3 Å². The van der Waals surface area contributed by atoms with Gasteiger partial charge in [0.2, 0.25) is 5.91 Å². The lowest BCUT2D eigenvalue weighted by Crippen LogP contribution is -2.23. The van der Waals surface area contributed by atoms with E-state index in [1.807, 2.05) is 13.8 Å². The second-order valence-electron chi connectivity index (χ2n) is 6.36. The Bertz CT molecular complexity index is 1090. The average Bonchev–Trinajstić information content (AvgIpc) is 2.92. The molecule has 2 aromatic heterocycles. The number of halogens is 2. The normalized spacial score (nSPS) is 11.2. The van der Waals surface area contributed by atoms with Gasteiger partial charge in [-0.3, -0.25) is 14.2 Å². The molecule has 0 unspecified atom stereocenters. The summed E-state index contributed by atoms with van der Waals surface area (Å²) in [7, 11) is 0. The van der Waals surface area contributed by atoms with Crippen LogP contribution in [0.5, 0.6) is 5.75 Å². The summed E-state index contributed by atoms with van der Waals surface area (Å²) in [5.41, 5.74) is 1.60. The zero-order chi connectivity index (χ0) is 20.4. The van der Waals surface area contributed by atoms with Gasteiger partial charge in [0.15, 0.2) is 0 Å². The Morgan fingerprint density at radius 2 is 2.07 bits per heavy atom. The van der Waals surface area contributed by atoms with E-state index in [0.717, 1.165) is 10.4 Å². The number of nitrogens with zero attached hydrogens (tertiary/aromatic N) is 2. The number of rotatable bonds is 6. The van der Waals surface area contributed by atoms with Crippen molar-refractivity contribution in [3.05, 3.63) is 50.9 Å². The highest BCUT2D eigenvalue weighted by atomic mass is 32.1. The molecule has 6 nitrogen and oxygen atoms in total. The number of hydrogen-bond acceptors (Lipinski definition) is 5. The number of alkyl halides is 2. The molecule has 0 radical (unpaired) electrons. The summed E-state index contributed by atoms with van der Waals surface area (Å²) in [6.07, 6.45) is 1.47. The Morgan fingerprint density at radius 1 is 1.32 bits per heavy atom. The van der Waals surface area contributed by atoms with Crippen LogP contribution in [0.4, 0.5) is 14.5 Å². The van der Waals surface area contributed by atoms with Gasteiger partial charge in [0, 0.05) is 29.6 Å². The number of hydrogen-bond donors (Lipinski definition) is 1. The van der Waals surface area contributed by atoms with Crippen LogP contribution in [-0.4, -0.2) is 22.1 Å². The van der Waals surface area contributed by atoms with Gasteiger partial charge in [0.1, 0.15) is 10.6 Å². The summed E-state index contributed by atoms with van der Waals surface area (Å²) in [4.78, 5) is 30.9. The Kier molecular flexibility index (Phi) is 5.73. The van der Waals surface area contributed by atoms with E-state index in [2.05, 4.69) is 15.0 Å². The van der Waals surface area contributed by atoms with Crippen molar-refractivity contribution in [1.82, 2.24) is 9.55 Å². The minimum atomic E-state index is -2.94. The molecule has 0 aliphatic heterocycles. The Balaban J connectivity index is 1.70. The lowest BCUT2D eigenvalue weighted by molar-refractivity contribution is -0.116. The molecule has 1 aromatic carbocycles. The first-order valence-corrected chi connectivity index (χ1v) is 9.38. The summed E-state index contributed by atoms with van der Waals surface area (Å²) in [6, 6.07) is 4.52. The van der Waals surface area contributed by atoms with Crippen LogP contribution in [-0.2, 0) is 11.3 Å². The summed E-state index contributed by atoms with van der Waals surface area (Å²) in [6.45, 7) is 2.67. The highest BCUT2D eigenvalue weighted by Gasteiger charge is 2.13. The molecule has 0 fully saturated rings. The van der Waals surface area contributed by atoms with Gasteiger partial charge in [-0.2, -0.15) is 8.78 Å². The average molecular weight is 407 g/mol. The van der Waals surface area contributed by atoms with Crippen LogP contribution >= 0.6 is 11.3 Å². The topological polar surface area (TPSA) is 73.2 Å². The minimum absolute atomic E-state index is 0.00183. The van der Waals surface area contributed by atoms with Crippen molar-refractivity contribution in [1.29, 1.82) is 0 Å². The number of nitrogens with one attached hydrogen (secondary N) is 1. The molecular formula is C19H19F2N3O3S. The fourth-order valence-corrected chi connectivity index (χ4v) is 3.76. The Morgan fingerprint density at radius 3 is 2.79 bits per heavy atom. The van der Waals surface area contributed by atoms with Crippen LogP contribution in [0.1, 0.15) is 22.4 Å². The summed E-state index contributed by atoms with van der Waals surface area (Å²) in [5.74, 6) is -0.348. The van der Waals surface area contributed by atoms with Crippen LogP contribution in [0.15, 0.2) is 29.3 Å². The first kappa shape index (κ1) is 19.9. The number of aryl methyl sites for hydroxylation is 4. The van der Waals surface area contributed by atoms with E-state index in [1.54, 1.807) is 19.1 Å². The number of fused-ring (bicyclic) bond motifs is 1. The van der Waals surface area contributed by atoms with Gasteiger partial charge in [-0.15, -0.1) is 11.3 Å². The van der Waals surface area contributed by atoms with Crippen LogP contribution in [0, 0.1) is 20.8 Å². The van der Waals surface area contributed by atoms with Crippen molar-refractivity contribution in [3.8, 4) is 5.75 Å². The monoisotopic (exact) mass is 407 g/mol. The maximum absolute atomic E-state index is 12.6. The number of carbonyl (C=O) groups excluding carboxylic acids is 1. The zero-order valence-corrected chi connectivity index (χ0v) is 16.4. The standard InChI is InChI=1S/C19H19F2N3O3S/c1-10-4-5-13(8-14(10)27-19(20)21)23-15(25)6-7-24-9-22-17-16(18(24)26)11(2)12(3)28-17/h4-5,8-9,19H,6-7H2,1-3H3,(H,23,25). The van der Waals surface area contributed by atoms with E-state index in [0.29, 0.717) is 21.5 Å². The maximum Gasteiger partial charge on any atom is 0.387 e. The SMILES string of the molecule is Cc1ccc(NC(=O)CCn2cnc3sc(C)c(C)c3c2=O)cc1OC(F)F. The van der Waals surface area contributed by atoms with E-state index in [9.17, 15) is 18.4 Å². The van der Waals surface area contributed by atoms with Gasteiger partial charge >= 0.3 is 6.61 Å². The molecule has 0 spiro atoms. The molecule has 0 saturated carbocycles. The molecule has 3 rings (SSSR count). The fraction of sp³-hybridized carbons (Fsp3) is 0.316. The van der Waals surface area contributed by atoms with Crippen LogP contribution in [0.25, 0.3) is 10.2 Å². The van der Waals surface area contributed by atoms with E-state index in [1.165, 1.54) is 28.3 Å². The number of carbonyl (C=O) groups is 1. The highest BCUT2D eigenvalue weighted by Crippen LogP contribution is 2.26. The number of anilines is 1. The molecule has 0 saturated heterocycles. The number of thiophene rings is 1. The van der Waals surface area contributed by atoms with E-state index < -0.39 is 6.61 Å². The molecule has 0 aliphatic rings. The van der Waals surface area contributed by atoms with Gasteiger partial charge < -0.3 is 10.1 Å². The van der Waals surface area contributed by atoms with Crippen molar-refractivity contribution in [2.45, 2.75) is 40.3 Å². The first-order chi connectivity index (χ1) is 13.3. The number of amides is 1. The van der Waals surface area contributed by atoms with Crippen molar-refractivity contribution >= 4 is 33.1 Å². The number of ether oxygens (including phenoxy) is 1. The summed E-state index contributed by atoms with van der Waals surface area (Å²) < 4.78 is 30.7. The van der Waals surface area contributed by atoms with Crippen molar-refractivity contribution in [2.75, 3.05) is 5.32 Å². The summed E-state index contributed by atoms with van der Waals surface area (Å²) >= 11 is 1.47. The quantitative estimate of drug-likeness (QED) is 0.670. The molecule has 9 heteroatoms. The fourth-order valence-electron chi connectivity index (χ4n) is 2.78. The van der Waals surface area contributed by atoms with Gasteiger partial charge in [0.25, 0.3) is 5.56 Å². The van der Waals surface area contributed by atoms with Crippen molar-refractivity contribution in [3.63, 3.8) is 0 Å². The van der Waals surface area contributed by atoms with Crippen LogP contribution in [0.2, 0.25) is 0 Å². The predicted octanol–water partition coefficient (Wildman–Crippen LogP) is 4.01. The first-order valence-electron chi connectivity index (χ1n) is 8.56. The van der Waals surface area contributed by atoms with E-state index in [-0.39, 0.29) is 30.2 Å². The van der Waals surface area contributed by atoms with Crippen molar-refractivity contribution in [2.24, 2.45) is 0 Å². The van der Waals surface area contributed by atoms with E-state index >= 15 is 0 Å². The van der Waals surface area contributed by atoms with Crippen LogP contribution < -0.4 is 15.6 Å². The molecule has 0 bridgehead atoms. The molecule has 0 aliphatic carbocycles. The zero-order valence-electron chi connectivity index (χ0n) is 15.6. The number of benzene rings is 1.